The zero-order valence-electron chi connectivity index (χ0n) is 11.9. The van der Waals surface area contributed by atoms with E-state index in [1.165, 1.54) is 11.3 Å². The molecule has 0 radical (unpaired) electrons. The van der Waals surface area contributed by atoms with Gasteiger partial charge in [-0.3, -0.25) is 0 Å². The van der Waals surface area contributed by atoms with Gasteiger partial charge in [-0.15, -0.1) is 0 Å². The molecule has 1 unspecified atom stereocenters. The fourth-order valence-electron chi connectivity index (χ4n) is 2.82. The largest absolute Gasteiger partial charge is 0.330 e. The van der Waals surface area contributed by atoms with Crippen molar-refractivity contribution < 1.29 is 0 Å². The molecule has 1 aromatic carbocycles. The summed E-state index contributed by atoms with van der Waals surface area (Å²) in [4.78, 5) is 9.45. The Hall–Kier alpha value is -0.970. The Morgan fingerprint density at radius 3 is 2.90 bits per heavy atom. The molecule has 1 aromatic heterocycles. The molecule has 0 amide bonds. The summed E-state index contributed by atoms with van der Waals surface area (Å²) in [6, 6.07) is 5.79. The number of nitrogens with zero attached hydrogens (tertiary/aromatic N) is 2. The average molecular weight is 367 g/mol. The van der Waals surface area contributed by atoms with E-state index in [0.29, 0.717) is 10.9 Å². The molecule has 0 saturated carbocycles. The Labute approximate surface area is 138 Å². The van der Waals surface area contributed by atoms with E-state index in [-0.39, 0.29) is 0 Å². The van der Waals surface area contributed by atoms with Gasteiger partial charge in [0.2, 0.25) is 0 Å². The lowest BCUT2D eigenvalue weighted by molar-refractivity contribution is 0.460. The summed E-state index contributed by atoms with van der Waals surface area (Å²) >= 11 is 9.50. The molecular weight excluding hydrogens is 350 g/mol. The van der Waals surface area contributed by atoms with Crippen molar-refractivity contribution in [2.45, 2.75) is 26.2 Å². The van der Waals surface area contributed by atoms with Crippen molar-refractivity contribution in [3.8, 4) is 11.4 Å². The summed E-state index contributed by atoms with van der Waals surface area (Å²) in [6.45, 7) is 2.80. The van der Waals surface area contributed by atoms with Crippen LogP contribution in [0.15, 0.2) is 22.7 Å². The molecule has 3 nitrogen and oxygen atoms in total. The molecule has 1 aliphatic rings. The number of aromatic nitrogens is 2. The maximum absolute atomic E-state index is 6.05. The summed E-state index contributed by atoms with van der Waals surface area (Å²) in [5.74, 6) is 1.34. The van der Waals surface area contributed by atoms with Crippen LogP contribution in [0.5, 0.6) is 0 Å². The molecule has 1 heterocycles. The highest BCUT2D eigenvalue weighted by molar-refractivity contribution is 9.10. The second kappa shape index (κ2) is 6.03. The van der Waals surface area contributed by atoms with Crippen LogP contribution in [0.4, 0.5) is 0 Å². The molecule has 0 bridgehead atoms. The normalized spacial score (nSPS) is 17.6. The Bertz CT molecular complexity index is 687. The molecule has 0 aliphatic heterocycles. The molecule has 0 saturated heterocycles. The smallest absolute Gasteiger partial charge is 0.159 e. The highest BCUT2D eigenvalue weighted by Crippen LogP contribution is 2.30. The van der Waals surface area contributed by atoms with E-state index < -0.39 is 0 Å². The summed E-state index contributed by atoms with van der Waals surface area (Å²) in [7, 11) is 0. The Morgan fingerprint density at radius 1 is 1.38 bits per heavy atom. The zero-order valence-corrected chi connectivity index (χ0v) is 14.2. The summed E-state index contributed by atoms with van der Waals surface area (Å²) in [5.41, 5.74) is 10.3. The molecule has 3 rings (SSSR count). The molecule has 1 aliphatic carbocycles. The number of hydrogen-bond acceptors (Lipinski definition) is 3. The number of benzene rings is 1. The second-order valence-electron chi connectivity index (χ2n) is 5.53. The lowest BCUT2D eigenvalue weighted by Crippen LogP contribution is -2.24. The predicted octanol–water partition coefficient (Wildman–Crippen LogP) is 3.93. The first-order valence-electron chi connectivity index (χ1n) is 7.10. The minimum Gasteiger partial charge on any atom is -0.330 e. The molecule has 5 heteroatoms. The maximum Gasteiger partial charge on any atom is 0.159 e. The van der Waals surface area contributed by atoms with Crippen LogP contribution >= 0.6 is 27.5 Å². The van der Waals surface area contributed by atoms with Crippen LogP contribution in [-0.2, 0) is 12.8 Å². The van der Waals surface area contributed by atoms with Crippen LogP contribution < -0.4 is 5.73 Å². The predicted molar refractivity (Wildman–Crippen MR) is 89.5 cm³/mol. The van der Waals surface area contributed by atoms with E-state index in [2.05, 4.69) is 27.8 Å². The quantitative estimate of drug-likeness (QED) is 0.876. The van der Waals surface area contributed by atoms with Crippen molar-refractivity contribution in [1.82, 2.24) is 9.97 Å². The van der Waals surface area contributed by atoms with Gasteiger partial charge in [-0.1, -0.05) is 11.6 Å². The number of fused-ring (bicyclic) bond motifs is 1. The standard InChI is InChI=1S/C16H17BrClN3/c1-9-12-6-10(8-19)2-5-15(12)21-16(20-9)11-3-4-14(18)13(17)7-11/h3-4,7,10H,2,5-6,8,19H2,1H3. The van der Waals surface area contributed by atoms with Crippen LogP contribution in [0.1, 0.15) is 23.4 Å². The highest BCUT2D eigenvalue weighted by Gasteiger charge is 2.22. The monoisotopic (exact) mass is 365 g/mol. The maximum atomic E-state index is 6.05. The van der Waals surface area contributed by atoms with Crippen LogP contribution in [-0.4, -0.2) is 16.5 Å². The summed E-state index contributed by atoms with van der Waals surface area (Å²) in [5, 5.41) is 0.694. The van der Waals surface area contributed by atoms with E-state index in [1.807, 2.05) is 18.2 Å². The number of aryl methyl sites for hydroxylation is 2. The number of halogens is 2. The van der Waals surface area contributed by atoms with Crippen molar-refractivity contribution in [3.63, 3.8) is 0 Å². The van der Waals surface area contributed by atoms with E-state index in [1.54, 1.807) is 0 Å². The first kappa shape index (κ1) is 14.9. The third-order valence-corrected chi connectivity index (χ3v) is 5.31. The van der Waals surface area contributed by atoms with Crippen molar-refractivity contribution in [1.29, 1.82) is 0 Å². The second-order valence-corrected chi connectivity index (χ2v) is 6.79. The first-order valence-corrected chi connectivity index (χ1v) is 8.27. The average Bonchev–Trinajstić information content (AvgIpc) is 2.49. The van der Waals surface area contributed by atoms with Gasteiger partial charge in [0.05, 0.1) is 5.02 Å². The van der Waals surface area contributed by atoms with Crippen molar-refractivity contribution in [2.24, 2.45) is 11.7 Å². The van der Waals surface area contributed by atoms with Gasteiger partial charge in [-0.25, -0.2) is 9.97 Å². The third kappa shape index (κ3) is 2.98. The highest BCUT2D eigenvalue weighted by atomic mass is 79.9. The summed E-state index contributed by atoms with van der Waals surface area (Å²) < 4.78 is 0.865. The molecule has 0 fully saturated rings. The van der Waals surface area contributed by atoms with Crippen LogP contribution in [0.3, 0.4) is 0 Å². The fraction of sp³-hybridized carbons (Fsp3) is 0.375. The van der Waals surface area contributed by atoms with Gasteiger partial charge in [-0.05, 0) is 78.3 Å². The van der Waals surface area contributed by atoms with Gasteiger partial charge in [0.25, 0.3) is 0 Å². The van der Waals surface area contributed by atoms with Gasteiger partial charge in [0.1, 0.15) is 0 Å². The molecule has 1 atom stereocenters. The molecule has 0 spiro atoms. The Balaban J connectivity index is 2.02. The van der Waals surface area contributed by atoms with Crippen LogP contribution in [0, 0.1) is 12.8 Å². The van der Waals surface area contributed by atoms with Gasteiger partial charge in [0, 0.05) is 21.4 Å². The first-order chi connectivity index (χ1) is 10.1. The number of nitrogens with two attached hydrogens (primary N) is 1. The zero-order chi connectivity index (χ0) is 15.0. The van der Waals surface area contributed by atoms with Gasteiger partial charge < -0.3 is 5.73 Å². The Kier molecular flexibility index (Phi) is 4.29. The van der Waals surface area contributed by atoms with Crippen molar-refractivity contribution >= 4 is 27.5 Å². The van der Waals surface area contributed by atoms with E-state index in [0.717, 1.165) is 47.4 Å². The molecule has 21 heavy (non-hydrogen) atoms. The van der Waals surface area contributed by atoms with Crippen molar-refractivity contribution in [3.05, 3.63) is 44.6 Å². The SMILES string of the molecule is Cc1nc(-c2ccc(Cl)c(Br)c2)nc2c1CC(CN)CC2. The Morgan fingerprint density at radius 2 is 2.19 bits per heavy atom. The molecular formula is C16H17BrClN3. The number of hydrogen-bond donors (Lipinski definition) is 1. The van der Waals surface area contributed by atoms with E-state index >= 15 is 0 Å². The van der Waals surface area contributed by atoms with E-state index in [4.69, 9.17) is 22.3 Å². The molecule has 2 aromatic rings. The van der Waals surface area contributed by atoms with E-state index in [9.17, 15) is 0 Å². The number of rotatable bonds is 2. The topological polar surface area (TPSA) is 51.8 Å². The van der Waals surface area contributed by atoms with Crippen LogP contribution in [0.2, 0.25) is 5.02 Å². The lowest BCUT2D eigenvalue weighted by Gasteiger charge is -2.24. The fourth-order valence-corrected chi connectivity index (χ4v) is 3.32. The van der Waals surface area contributed by atoms with Crippen molar-refractivity contribution in [2.75, 3.05) is 6.54 Å². The minimum atomic E-state index is 0.565. The van der Waals surface area contributed by atoms with Gasteiger partial charge in [-0.2, -0.15) is 0 Å². The molecule has 110 valence electrons. The van der Waals surface area contributed by atoms with Gasteiger partial charge in [0.15, 0.2) is 5.82 Å². The van der Waals surface area contributed by atoms with Crippen LogP contribution in [0.25, 0.3) is 11.4 Å². The third-order valence-electron chi connectivity index (χ3n) is 4.09. The lowest BCUT2D eigenvalue weighted by atomic mass is 9.86. The molecule has 2 N–H and O–H groups in total. The minimum absolute atomic E-state index is 0.565. The summed E-state index contributed by atoms with van der Waals surface area (Å²) in [6.07, 6.45) is 3.11. The van der Waals surface area contributed by atoms with Gasteiger partial charge >= 0.3 is 0 Å².